The normalized spacial score (nSPS) is 28.6. The van der Waals surface area contributed by atoms with Crippen molar-refractivity contribution in [3.63, 3.8) is 0 Å². The molecule has 0 saturated heterocycles. The third kappa shape index (κ3) is 6.47. The maximum atomic E-state index is 2.29. The van der Waals surface area contributed by atoms with Crippen molar-refractivity contribution in [1.82, 2.24) is 0 Å². The van der Waals surface area contributed by atoms with Gasteiger partial charge >= 0.3 is 0 Å². The molecule has 14 heavy (non-hydrogen) atoms. The van der Waals surface area contributed by atoms with Crippen LogP contribution in [0.25, 0.3) is 0 Å². The minimum absolute atomic E-state index is 1.07. The Hall–Kier alpha value is -1.04. The first-order valence-electron chi connectivity index (χ1n) is 5.60. The average Bonchev–Trinajstić information content (AvgIpc) is 2.22. The molecule has 0 unspecified atom stereocenters. The van der Waals surface area contributed by atoms with E-state index in [-0.39, 0.29) is 0 Å². The van der Waals surface area contributed by atoms with E-state index in [1.807, 2.05) is 0 Å². The predicted molar refractivity (Wildman–Crippen MR) is 64.3 cm³/mol. The van der Waals surface area contributed by atoms with Crippen molar-refractivity contribution in [1.29, 1.82) is 0 Å². The van der Waals surface area contributed by atoms with Gasteiger partial charge < -0.3 is 0 Å². The van der Waals surface area contributed by atoms with Crippen molar-refractivity contribution < 1.29 is 0 Å². The summed E-state index contributed by atoms with van der Waals surface area (Å²) in [5.41, 5.74) is 0. The highest BCUT2D eigenvalue weighted by Gasteiger charge is 1.81. The molecule has 0 radical (unpaired) electrons. The van der Waals surface area contributed by atoms with Crippen LogP contribution >= 0.6 is 0 Å². The summed E-state index contributed by atoms with van der Waals surface area (Å²) in [5.74, 6) is 0. The lowest BCUT2D eigenvalue weighted by atomic mass is 10.2. The average molecular weight is 188 g/mol. The molecule has 0 aliphatic heterocycles. The molecule has 0 atom stereocenters. The van der Waals surface area contributed by atoms with Crippen LogP contribution in [0.4, 0.5) is 0 Å². The summed E-state index contributed by atoms with van der Waals surface area (Å²) in [4.78, 5) is 0. The Balaban J connectivity index is 2.34. The summed E-state index contributed by atoms with van der Waals surface area (Å²) in [7, 11) is 0. The van der Waals surface area contributed by atoms with Gasteiger partial charge in [0.1, 0.15) is 0 Å². The third-order valence-corrected chi connectivity index (χ3v) is 2.22. The monoisotopic (exact) mass is 188 g/mol. The van der Waals surface area contributed by atoms with Gasteiger partial charge in [0.25, 0.3) is 0 Å². The predicted octanol–water partition coefficient (Wildman–Crippen LogP) is 4.57. The van der Waals surface area contributed by atoms with Gasteiger partial charge in [-0.2, -0.15) is 0 Å². The first-order chi connectivity index (χ1) is 7.00. The van der Waals surface area contributed by atoms with Gasteiger partial charge in [-0.15, -0.1) is 0 Å². The molecule has 0 saturated carbocycles. The summed E-state index contributed by atoms with van der Waals surface area (Å²) in [6, 6.07) is 0. The van der Waals surface area contributed by atoms with Gasteiger partial charge in [0.05, 0.1) is 0 Å². The molecule has 1 rings (SSSR count). The van der Waals surface area contributed by atoms with Gasteiger partial charge in [-0.05, 0) is 38.5 Å². The second-order valence-corrected chi connectivity index (χ2v) is 3.52. The number of hydrogen-bond acceptors (Lipinski definition) is 0. The molecule has 0 nitrogen and oxygen atoms in total. The smallest absolute Gasteiger partial charge is 0.0169 e. The van der Waals surface area contributed by atoms with Crippen molar-refractivity contribution in [3.05, 3.63) is 48.6 Å². The van der Waals surface area contributed by atoms with Crippen molar-refractivity contribution in [2.75, 3.05) is 0 Å². The Kier molecular flexibility index (Phi) is 6.74. The van der Waals surface area contributed by atoms with Crippen LogP contribution in [0.15, 0.2) is 48.6 Å². The highest BCUT2D eigenvalue weighted by molar-refractivity contribution is 5.00. The second kappa shape index (κ2) is 8.55. The van der Waals surface area contributed by atoms with Crippen LogP contribution in [0.3, 0.4) is 0 Å². The Bertz CT molecular complexity index is 204. The summed E-state index contributed by atoms with van der Waals surface area (Å²) in [5, 5.41) is 0. The zero-order valence-electron chi connectivity index (χ0n) is 8.86. The van der Waals surface area contributed by atoms with E-state index in [2.05, 4.69) is 48.6 Å². The van der Waals surface area contributed by atoms with E-state index in [9.17, 15) is 0 Å². The van der Waals surface area contributed by atoms with Crippen LogP contribution in [-0.2, 0) is 0 Å². The van der Waals surface area contributed by atoms with Gasteiger partial charge in [-0.1, -0.05) is 48.6 Å². The Morgan fingerprint density at radius 2 is 0.786 bits per heavy atom. The van der Waals surface area contributed by atoms with Crippen LogP contribution in [0.1, 0.15) is 38.5 Å². The quantitative estimate of drug-likeness (QED) is 0.489. The van der Waals surface area contributed by atoms with Crippen molar-refractivity contribution in [2.45, 2.75) is 38.5 Å². The van der Waals surface area contributed by atoms with E-state index in [1.165, 1.54) is 19.3 Å². The van der Waals surface area contributed by atoms with Crippen LogP contribution < -0.4 is 0 Å². The Morgan fingerprint density at radius 1 is 0.429 bits per heavy atom. The fraction of sp³-hybridized carbons (Fsp3) is 0.429. The maximum absolute atomic E-state index is 2.29. The molecule has 0 N–H and O–H groups in total. The Morgan fingerprint density at radius 3 is 1.21 bits per heavy atom. The van der Waals surface area contributed by atoms with Gasteiger partial charge in [0, 0.05) is 0 Å². The summed E-state index contributed by atoms with van der Waals surface area (Å²) >= 11 is 0. The molecule has 0 aromatic rings. The van der Waals surface area contributed by atoms with Crippen molar-refractivity contribution >= 4 is 0 Å². The molecule has 76 valence electrons. The highest BCUT2D eigenvalue weighted by atomic mass is 13.9. The van der Waals surface area contributed by atoms with Gasteiger partial charge in [0.15, 0.2) is 0 Å². The van der Waals surface area contributed by atoms with Crippen molar-refractivity contribution in [3.8, 4) is 0 Å². The molecule has 0 aromatic carbocycles. The standard InChI is InChI=1S/C14H20/c1-2-4-6-8-10-12-14-13-11-9-7-5-3-1/h1-2,5-8,11,13H,3-4,9-10,12,14H2/b2-1-,7-5+,8-6-,13-11+. The minimum atomic E-state index is 1.07. The van der Waals surface area contributed by atoms with E-state index in [0.717, 1.165) is 19.3 Å². The SMILES string of the molecule is C1=C\C/C=C/C/C=C/CCC/C=C\C/1. The van der Waals surface area contributed by atoms with E-state index >= 15 is 0 Å². The summed E-state index contributed by atoms with van der Waals surface area (Å²) in [6.07, 6.45) is 25.0. The zero-order chi connectivity index (χ0) is 9.90. The first kappa shape index (κ1) is 11.0. The lowest BCUT2D eigenvalue weighted by molar-refractivity contribution is 0.864. The number of hydrogen-bond donors (Lipinski definition) is 0. The maximum Gasteiger partial charge on any atom is -0.0169 e. The topological polar surface area (TPSA) is 0 Å². The second-order valence-electron chi connectivity index (χ2n) is 3.52. The van der Waals surface area contributed by atoms with Crippen LogP contribution in [0.2, 0.25) is 0 Å². The number of rotatable bonds is 0. The lowest BCUT2D eigenvalue weighted by Crippen LogP contribution is -1.71. The molecule has 0 heterocycles. The molecule has 0 fully saturated rings. The minimum Gasteiger partial charge on any atom is -0.0882 e. The van der Waals surface area contributed by atoms with Gasteiger partial charge in [-0.3, -0.25) is 0 Å². The molecule has 0 spiro atoms. The highest BCUT2D eigenvalue weighted by Crippen LogP contribution is 2.01. The van der Waals surface area contributed by atoms with Crippen molar-refractivity contribution in [2.24, 2.45) is 0 Å². The molecular formula is C14H20. The lowest BCUT2D eigenvalue weighted by Gasteiger charge is -1.91. The molecule has 1 aliphatic rings. The fourth-order valence-electron chi connectivity index (χ4n) is 1.40. The first-order valence-corrected chi connectivity index (χ1v) is 5.60. The molecule has 0 aromatic heterocycles. The molecular weight excluding hydrogens is 168 g/mol. The molecule has 0 heteroatoms. The Labute approximate surface area is 87.7 Å². The largest absolute Gasteiger partial charge is 0.0882 e. The van der Waals surface area contributed by atoms with Gasteiger partial charge in [-0.25, -0.2) is 0 Å². The van der Waals surface area contributed by atoms with Crippen LogP contribution in [0.5, 0.6) is 0 Å². The van der Waals surface area contributed by atoms with E-state index in [1.54, 1.807) is 0 Å². The zero-order valence-corrected chi connectivity index (χ0v) is 8.86. The van der Waals surface area contributed by atoms with E-state index in [4.69, 9.17) is 0 Å². The summed E-state index contributed by atoms with van der Waals surface area (Å²) < 4.78 is 0. The van der Waals surface area contributed by atoms with Crippen LogP contribution in [0, 0.1) is 0 Å². The molecule has 0 amide bonds. The van der Waals surface area contributed by atoms with E-state index < -0.39 is 0 Å². The van der Waals surface area contributed by atoms with Crippen LogP contribution in [-0.4, -0.2) is 0 Å². The summed E-state index contributed by atoms with van der Waals surface area (Å²) in [6.45, 7) is 0. The molecule has 0 bridgehead atoms. The van der Waals surface area contributed by atoms with Gasteiger partial charge in [0.2, 0.25) is 0 Å². The fourth-order valence-corrected chi connectivity index (χ4v) is 1.40. The third-order valence-electron chi connectivity index (χ3n) is 2.22. The molecule has 1 aliphatic carbocycles. The number of allylic oxidation sites excluding steroid dienone is 8. The van der Waals surface area contributed by atoms with E-state index in [0.29, 0.717) is 0 Å².